The highest BCUT2D eigenvalue weighted by Crippen LogP contribution is 2.15. The van der Waals surface area contributed by atoms with Crippen LogP contribution < -0.4 is 0 Å². The van der Waals surface area contributed by atoms with E-state index in [1.54, 1.807) is 0 Å². The van der Waals surface area contributed by atoms with Crippen LogP contribution in [0.1, 0.15) is 44.3 Å². The van der Waals surface area contributed by atoms with E-state index in [0.717, 1.165) is 44.1 Å². The molecular formula is C12H22N4O. The first kappa shape index (κ1) is 12.5. The monoisotopic (exact) mass is 238 g/mol. The molecule has 2 heterocycles. The summed E-state index contributed by atoms with van der Waals surface area (Å²) in [5, 5.41) is 18.0. The Morgan fingerprint density at radius 3 is 2.47 bits per heavy atom. The van der Waals surface area contributed by atoms with Crippen molar-refractivity contribution >= 4 is 0 Å². The average Bonchev–Trinajstić information content (AvgIpc) is 2.64. The van der Waals surface area contributed by atoms with Gasteiger partial charge in [0.2, 0.25) is 0 Å². The Balaban J connectivity index is 1.99. The van der Waals surface area contributed by atoms with Gasteiger partial charge in [0.05, 0.1) is 12.6 Å². The summed E-state index contributed by atoms with van der Waals surface area (Å²) in [6.07, 6.45) is 1.63. The van der Waals surface area contributed by atoms with Crippen molar-refractivity contribution in [2.75, 3.05) is 13.1 Å². The van der Waals surface area contributed by atoms with Crippen molar-refractivity contribution < 1.29 is 5.11 Å². The normalized spacial score (nSPS) is 19.1. The fourth-order valence-electron chi connectivity index (χ4n) is 2.29. The third-order valence-electron chi connectivity index (χ3n) is 3.44. The third-order valence-corrected chi connectivity index (χ3v) is 3.44. The fourth-order valence-corrected chi connectivity index (χ4v) is 2.29. The lowest BCUT2D eigenvalue weighted by Crippen LogP contribution is -2.36. The van der Waals surface area contributed by atoms with Crippen LogP contribution in [0.4, 0.5) is 0 Å². The molecule has 0 atom stereocenters. The fraction of sp³-hybridized carbons (Fsp3) is 0.833. The van der Waals surface area contributed by atoms with Gasteiger partial charge in [0.1, 0.15) is 11.6 Å². The molecule has 0 saturated carbocycles. The minimum Gasteiger partial charge on any atom is -0.393 e. The molecule has 0 amide bonds. The quantitative estimate of drug-likeness (QED) is 0.850. The van der Waals surface area contributed by atoms with E-state index < -0.39 is 0 Å². The van der Waals surface area contributed by atoms with Gasteiger partial charge in [-0.2, -0.15) is 0 Å². The Bertz CT molecular complexity index is 367. The van der Waals surface area contributed by atoms with Gasteiger partial charge in [0.25, 0.3) is 0 Å². The van der Waals surface area contributed by atoms with Gasteiger partial charge in [-0.25, -0.2) is 0 Å². The van der Waals surface area contributed by atoms with Gasteiger partial charge in [-0.05, 0) is 12.8 Å². The molecule has 5 heteroatoms. The summed E-state index contributed by atoms with van der Waals surface area (Å²) in [7, 11) is 2.03. The van der Waals surface area contributed by atoms with Crippen LogP contribution >= 0.6 is 0 Å². The highest BCUT2D eigenvalue weighted by molar-refractivity contribution is 4.99. The van der Waals surface area contributed by atoms with E-state index >= 15 is 0 Å². The van der Waals surface area contributed by atoms with E-state index in [-0.39, 0.29) is 6.10 Å². The topological polar surface area (TPSA) is 54.2 Å². The van der Waals surface area contributed by atoms with Crippen molar-refractivity contribution in [3.63, 3.8) is 0 Å². The van der Waals surface area contributed by atoms with Crippen LogP contribution in [0.3, 0.4) is 0 Å². The first-order chi connectivity index (χ1) is 8.08. The van der Waals surface area contributed by atoms with Crippen molar-refractivity contribution in [1.29, 1.82) is 0 Å². The number of aliphatic hydroxyl groups is 1. The maximum absolute atomic E-state index is 9.46. The number of rotatable bonds is 3. The number of likely N-dealkylation sites (tertiary alicyclic amines) is 1. The molecule has 0 radical (unpaired) electrons. The molecule has 1 aliphatic heterocycles. The molecule has 0 unspecified atom stereocenters. The number of aromatic nitrogens is 3. The zero-order chi connectivity index (χ0) is 12.4. The molecule has 0 bridgehead atoms. The smallest absolute Gasteiger partial charge is 0.146 e. The average molecular weight is 238 g/mol. The summed E-state index contributed by atoms with van der Waals surface area (Å²) in [5.74, 6) is 2.46. The molecule has 1 N–H and O–H groups in total. The molecule has 1 aromatic heterocycles. The van der Waals surface area contributed by atoms with Crippen molar-refractivity contribution in [2.24, 2.45) is 7.05 Å². The summed E-state index contributed by atoms with van der Waals surface area (Å²) in [4.78, 5) is 2.33. The number of aliphatic hydroxyl groups excluding tert-OH is 1. The standard InChI is InChI=1S/C12H22N4O/c1-9(2)12-14-13-11(15(12)3)8-16-6-4-10(17)5-7-16/h9-10,17H,4-8H2,1-3H3. The number of hydrogen-bond acceptors (Lipinski definition) is 4. The molecule has 96 valence electrons. The van der Waals surface area contributed by atoms with Crippen LogP contribution in [-0.4, -0.2) is 44.0 Å². The number of piperidine rings is 1. The van der Waals surface area contributed by atoms with Crippen molar-refractivity contribution in [2.45, 2.75) is 45.3 Å². The van der Waals surface area contributed by atoms with Gasteiger partial charge in [0, 0.05) is 26.1 Å². The van der Waals surface area contributed by atoms with Crippen molar-refractivity contribution in [1.82, 2.24) is 19.7 Å². The molecule has 5 nitrogen and oxygen atoms in total. The lowest BCUT2D eigenvalue weighted by atomic mass is 10.1. The third kappa shape index (κ3) is 2.84. The van der Waals surface area contributed by atoms with Crippen LogP contribution in [0.2, 0.25) is 0 Å². The lowest BCUT2D eigenvalue weighted by molar-refractivity contribution is 0.0776. The summed E-state index contributed by atoms with van der Waals surface area (Å²) in [5.41, 5.74) is 0. The predicted octanol–water partition coefficient (Wildman–Crippen LogP) is 0.895. The lowest BCUT2D eigenvalue weighted by Gasteiger charge is -2.28. The SMILES string of the molecule is CC(C)c1nnc(CN2CCC(O)CC2)n1C. The Morgan fingerprint density at radius 1 is 1.29 bits per heavy atom. The Hall–Kier alpha value is -0.940. The highest BCUT2D eigenvalue weighted by atomic mass is 16.3. The summed E-state index contributed by atoms with van der Waals surface area (Å²) in [6.45, 7) is 7.00. The summed E-state index contributed by atoms with van der Waals surface area (Å²) >= 11 is 0. The van der Waals surface area contributed by atoms with Gasteiger partial charge in [-0.1, -0.05) is 13.8 Å². The molecule has 0 aliphatic carbocycles. The van der Waals surface area contributed by atoms with E-state index in [1.165, 1.54) is 0 Å². The van der Waals surface area contributed by atoms with E-state index in [9.17, 15) is 5.11 Å². The molecular weight excluding hydrogens is 216 g/mol. The van der Waals surface area contributed by atoms with Crippen LogP contribution in [-0.2, 0) is 13.6 Å². The first-order valence-corrected chi connectivity index (χ1v) is 6.36. The van der Waals surface area contributed by atoms with Crippen molar-refractivity contribution in [3.8, 4) is 0 Å². The first-order valence-electron chi connectivity index (χ1n) is 6.36. The molecule has 1 aromatic rings. The molecule has 1 aliphatic rings. The largest absolute Gasteiger partial charge is 0.393 e. The van der Waals surface area contributed by atoms with E-state index in [0.29, 0.717) is 5.92 Å². The highest BCUT2D eigenvalue weighted by Gasteiger charge is 2.19. The second-order valence-corrected chi connectivity index (χ2v) is 5.20. The molecule has 1 fully saturated rings. The Morgan fingerprint density at radius 2 is 1.94 bits per heavy atom. The maximum Gasteiger partial charge on any atom is 0.146 e. The second kappa shape index (κ2) is 5.14. The van der Waals surface area contributed by atoms with E-state index in [2.05, 4.69) is 33.5 Å². The van der Waals surface area contributed by atoms with Crippen LogP contribution in [0.15, 0.2) is 0 Å². The maximum atomic E-state index is 9.46. The Kier molecular flexibility index (Phi) is 3.79. The minimum absolute atomic E-state index is 0.114. The van der Waals surface area contributed by atoms with E-state index in [1.807, 2.05) is 7.05 Å². The zero-order valence-corrected chi connectivity index (χ0v) is 10.9. The second-order valence-electron chi connectivity index (χ2n) is 5.20. The number of hydrogen-bond donors (Lipinski definition) is 1. The van der Waals surface area contributed by atoms with Gasteiger partial charge < -0.3 is 9.67 Å². The Labute approximate surface area is 102 Å². The van der Waals surface area contributed by atoms with Gasteiger partial charge in [-0.3, -0.25) is 4.90 Å². The number of nitrogens with zero attached hydrogens (tertiary/aromatic N) is 4. The van der Waals surface area contributed by atoms with Crippen molar-refractivity contribution in [3.05, 3.63) is 11.6 Å². The van der Waals surface area contributed by atoms with Crippen LogP contribution in [0.5, 0.6) is 0 Å². The van der Waals surface area contributed by atoms with Crippen LogP contribution in [0.25, 0.3) is 0 Å². The molecule has 1 saturated heterocycles. The summed E-state index contributed by atoms with van der Waals surface area (Å²) in [6, 6.07) is 0. The molecule has 17 heavy (non-hydrogen) atoms. The summed E-state index contributed by atoms with van der Waals surface area (Å²) < 4.78 is 2.09. The minimum atomic E-state index is -0.114. The van der Waals surface area contributed by atoms with E-state index in [4.69, 9.17) is 0 Å². The van der Waals surface area contributed by atoms with Crippen LogP contribution in [0, 0.1) is 0 Å². The molecule has 2 rings (SSSR count). The molecule has 0 aromatic carbocycles. The molecule has 0 spiro atoms. The van der Waals surface area contributed by atoms with Gasteiger partial charge in [0.15, 0.2) is 0 Å². The van der Waals surface area contributed by atoms with Gasteiger partial charge in [-0.15, -0.1) is 10.2 Å². The predicted molar refractivity (Wildman–Crippen MR) is 65.6 cm³/mol. The van der Waals surface area contributed by atoms with Gasteiger partial charge >= 0.3 is 0 Å². The zero-order valence-electron chi connectivity index (χ0n) is 10.9.